The van der Waals surface area contributed by atoms with E-state index < -0.39 is 20.0 Å². The molecule has 4 aromatic rings. The molecule has 0 spiro atoms. The number of carbonyl (C=O) groups excluding carboxylic acids is 2. The number of benzene rings is 2. The Morgan fingerprint density at radius 1 is 0.589 bits per heavy atom. The van der Waals surface area contributed by atoms with E-state index >= 15 is 0 Å². The molecular formula is C40H54N6O8S2. The molecule has 2 aromatic carbocycles. The van der Waals surface area contributed by atoms with Gasteiger partial charge in [0.2, 0.25) is 31.8 Å². The summed E-state index contributed by atoms with van der Waals surface area (Å²) in [4.78, 5) is 34.0. The number of unbranched alkanes of at least 4 members (excludes halogenated alkanes) is 2. The molecule has 0 fully saturated rings. The highest BCUT2D eigenvalue weighted by atomic mass is 32.2. The molecule has 56 heavy (non-hydrogen) atoms. The number of aromatic nitrogens is 2. The van der Waals surface area contributed by atoms with Gasteiger partial charge in [-0.25, -0.2) is 26.8 Å². The second-order valence-corrected chi connectivity index (χ2v) is 16.5. The minimum Gasteiger partial charge on any atom is -0.481 e. The first-order valence-electron chi connectivity index (χ1n) is 18.6. The summed E-state index contributed by atoms with van der Waals surface area (Å²) in [6.45, 7) is 7.76. The van der Waals surface area contributed by atoms with Crippen LogP contribution in [0.3, 0.4) is 0 Å². The summed E-state index contributed by atoms with van der Waals surface area (Å²) >= 11 is 0. The Morgan fingerprint density at radius 2 is 0.964 bits per heavy atom. The molecule has 0 radical (unpaired) electrons. The Bertz CT molecular complexity index is 1910. The van der Waals surface area contributed by atoms with Crippen molar-refractivity contribution >= 4 is 43.2 Å². The van der Waals surface area contributed by atoms with Gasteiger partial charge in [-0.1, -0.05) is 76.9 Å². The van der Waals surface area contributed by atoms with Crippen LogP contribution in [0.1, 0.15) is 110 Å². The summed E-state index contributed by atoms with van der Waals surface area (Å²) in [6.07, 6.45) is 7.31. The van der Waals surface area contributed by atoms with Crippen LogP contribution in [0.25, 0.3) is 0 Å². The van der Waals surface area contributed by atoms with Crippen LogP contribution in [0.4, 0.5) is 11.4 Å². The molecule has 0 unspecified atom stereocenters. The summed E-state index contributed by atoms with van der Waals surface area (Å²) in [7, 11) is -3.92. The Labute approximate surface area is 331 Å². The minimum atomic E-state index is -3.50. The van der Waals surface area contributed by atoms with Gasteiger partial charge in [0.05, 0.1) is 60.3 Å². The lowest BCUT2D eigenvalue weighted by Crippen LogP contribution is -2.29. The highest BCUT2D eigenvalue weighted by Crippen LogP contribution is 2.24. The molecule has 0 aliphatic carbocycles. The number of amides is 2. The van der Waals surface area contributed by atoms with Crippen LogP contribution in [-0.2, 0) is 20.0 Å². The van der Waals surface area contributed by atoms with Gasteiger partial charge < -0.3 is 20.1 Å². The maximum atomic E-state index is 12.8. The third kappa shape index (κ3) is 14.1. The van der Waals surface area contributed by atoms with Crippen LogP contribution in [0, 0.1) is 0 Å². The van der Waals surface area contributed by atoms with Crippen molar-refractivity contribution in [2.45, 2.75) is 78.3 Å². The zero-order valence-electron chi connectivity index (χ0n) is 32.9. The third-order valence-electron chi connectivity index (χ3n) is 8.58. The molecule has 4 rings (SSSR count). The molecule has 0 saturated carbocycles. The van der Waals surface area contributed by atoms with Crippen molar-refractivity contribution in [3.63, 3.8) is 0 Å². The van der Waals surface area contributed by atoms with Crippen molar-refractivity contribution in [3.05, 3.63) is 107 Å². The maximum absolute atomic E-state index is 12.8. The van der Waals surface area contributed by atoms with Crippen LogP contribution in [0.2, 0.25) is 0 Å². The minimum absolute atomic E-state index is 0.0224. The number of ether oxygens (including phenoxy) is 2. The molecule has 14 nitrogen and oxygen atoms in total. The second-order valence-electron chi connectivity index (χ2n) is 12.8. The lowest BCUT2D eigenvalue weighted by atomic mass is 10.1. The molecule has 4 N–H and O–H groups in total. The van der Waals surface area contributed by atoms with Crippen LogP contribution < -0.4 is 29.6 Å². The van der Waals surface area contributed by atoms with E-state index in [4.69, 9.17) is 9.47 Å². The van der Waals surface area contributed by atoms with Crippen molar-refractivity contribution in [1.82, 2.24) is 20.6 Å². The summed E-state index contributed by atoms with van der Waals surface area (Å²) in [6, 6.07) is 19.8. The summed E-state index contributed by atoms with van der Waals surface area (Å²) in [5.74, 6) is 0.338. The zero-order chi connectivity index (χ0) is 41.1. The van der Waals surface area contributed by atoms with Gasteiger partial charge in [-0.3, -0.25) is 19.0 Å². The summed E-state index contributed by atoms with van der Waals surface area (Å²) in [5, 5.41) is 5.90. The standard InChI is InChI=1S/2C20H27N3O4S/c2*1-4-6-13-28(25,26)23-18-10-8-7-9-16(18)20(24)22-17(5-2)15-11-12-19(27-3)21-14-15/h2*7-12,14,17,23H,4-6,13H2,1-3H3,(H,22,24)/t2*17-/m10/s1. The summed E-state index contributed by atoms with van der Waals surface area (Å²) in [5.41, 5.74) is 2.80. The van der Waals surface area contributed by atoms with Crippen LogP contribution >= 0.6 is 0 Å². The number of hydrogen-bond donors (Lipinski definition) is 4. The first kappa shape index (κ1) is 45.2. The van der Waals surface area contributed by atoms with Gasteiger partial charge >= 0.3 is 0 Å². The quantitative estimate of drug-likeness (QED) is 0.0720. The zero-order valence-corrected chi connectivity index (χ0v) is 34.5. The van der Waals surface area contributed by atoms with Crippen molar-refractivity contribution in [2.24, 2.45) is 0 Å². The molecule has 2 aromatic heterocycles. The predicted octanol–water partition coefficient (Wildman–Crippen LogP) is 7.03. The van der Waals surface area contributed by atoms with E-state index in [0.717, 1.165) is 24.0 Å². The molecule has 0 aliphatic heterocycles. The normalized spacial score (nSPS) is 12.2. The Morgan fingerprint density at radius 3 is 1.27 bits per heavy atom. The van der Waals surface area contributed by atoms with E-state index in [-0.39, 0.29) is 57.9 Å². The average Bonchev–Trinajstić information content (AvgIpc) is 3.20. The van der Waals surface area contributed by atoms with E-state index in [0.29, 0.717) is 37.4 Å². The molecule has 2 heterocycles. The topological polar surface area (TPSA) is 195 Å². The van der Waals surface area contributed by atoms with Crippen LogP contribution in [0.5, 0.6) is 11.8 Å². The number of rotatable bonds is 20. The molecule has 0 bridgehead atoms. The smallest absolute Gasteiger partial charge is 0.253 e. The molecule has 2 atom stereocenters. The third-order valence-corrected chi connectivity index (χ3v) is 11.3. The maximum Gasteiger partial charge on any atom is 0.253 e. The van der Waals surface area contributed by atoms with E-state index in [1.807, 2.05) is 39.8 Å². The molecule has 304 valence electrons. The van der Waals surface area contributed by atoms with Gasteiger partial charge in [0.25, 0.3) is 11.8 Å². The number of methoxy groups -OCH3 is 2. The largest absolute Gasteiger partial charge is 0.481 e. The number of nitrogens with one attached hydrogen (secondary N) is 4. The monoisotopic (exact) mass is 810 g/mol. The number of anilines is 2. The lowest BCUT2D eigenvalue weighted by Gasteiger charge is -2.19. The highest BCUT2D eigenvalue weighted by molar-refractivity contribution is 7.92. The van der Waals surface area contributed by atoms with E-state index in [1.165, 1.54) is 0 Å². The van der Waals surface area contributed by atoms with Crippen molar-refractivity contribution in [3.8, 4) is 11.8 Å². The van der Waals surface area contributed by atoms with E-state index in [2.05, 4.69) is 30.0 Å². The SMILES string of the molecule is CCCCS(=O)(=O)Nc1ccccc1C(=O)N[C@@H](CC)c1ccc(OC)nc1.CCCCS(=O)(=O)Nc1ccccc1C(=O)N[C@H](CC)c1ccc(OC)nc1. The molecular weight excluding hydrogens is 757 g/mol. The van der Waals surface area contributed by atoms with Gasteiger partial charge in [-0.15, -0.1) is 0 Å². The number of nitrogens with zero attached hydrogens (tertiary/aromatic N) is 2. The van der Waals surface area contributed by atoms with Gasteiger partial charge in [0, 0.05) is 24.5 Å². The Kier molecular flexibility index (Phi) is 18.0. The molecule has 2 amide bonds. The molecule has 0 saturated heterocycles. The van der Waals surface area contributed by atoms with Crippen molar-refractivity contribution in [1.29, 1.82) is 0 Å². The van der Waals surface area contributed by atoms with Gasteiger partial charge in [0.15, 0.2) is 0 Å². The first-order valence-corrected chi connectivity index (χ1v) is 21.9. The fourth-order valence-corrected chi connectivity index (χ4v) is 7.97. The summed E-state index contributed by atoms with van der Waals surface area (Å²) < 4.78 is 64.1. The number of carbonyl (C=O) groups is 2. The highest BCUT2D eigenvalue weighted by Gasteiger charge is 2.21. The Hall–Kier alpha value is -5.22. The fraction of sp³-hybridized carbons (Fsp3) is 0.400. The second kappa shape index (κ2) is 22.4. The fourth-order valence-electron chi connectivity index (χ4n) is 5.40. The number of para-hydroxylation sites is 2. The van der Waals surface area contributed by atoms with Gasteiger partial charge in [-0.05, 0) is 61.1 Å². The Balaban J connectivity index is 0.000000300. The van der Waals surface area contributed by atoms with Crippen LogP contribution in [0.15, 0.2) is 85.2 Å². The van der Waals surface area contributed by atoms with E-state index in [9.17, 15) is 26.4 Å². The van der Waals surface area contributed by atoms with Crippen molar-refractivity contribution < 1.29 is 35.9 Å². The number of hydrogen-bond acceptors (Lipinski definition) is 10. The van der Waals surface area contributed by atoms with Crippen LogP contribution in [-0.4, -0.2) is 64.3 Å². The van der Waals surface area contributed by atoms with Gasteiger partial charge in [-0.2, -0.15) is 0 Å². The van der Waals surface area contributed by atoms with Crippen molar-refractivity contribution in [2.75, 3.05) is 35.2 Å². The number of sulfonamides is 2. The predicted molar refractivity (Wildman–Crippen MR) is 220 cm³/mol. The molecule has 16 heteroatoms. The number of pyridine rings is 2. The van der Waals surface area contributed by atoms with Gasteiger partial charge in [0.1, 0.15) is 0 Å². The van der Waals surface area contributed by atoms with E-state index in [1.54, 1.807) is 87.3 Å². The molecule has 0 aliphatic rings. The lowest BCUT2D eigenvalue weighted by molar-refractivity contribution is 0.0928. The average molecular weight is 811 g/mol. The first-order chi connectivity index (χ1) is 26.8.